The molecule has 0 aliphatic rings. The first-order chi connectivity index (χ1) is 11.0. The van der Waals surface area contributed by atoms with Crippen LogP contribution in [0.4, 0.5) is 0 Å². The summed E-state index contributed by atoms with van der Waals surface area (Å²) >= 11 is 0. The minimum Gasteiger partial charge on any atom is -0.390 e. The van der Waals surface area contributed by atoms with Crippen molar-refractivity contribution in [2.45, 2.75) is 143 Å². The van der Waals surface area contributed by atoms with Crippen molar-refractivity contribution < 1.29 is 5.11 Å². The number of aliphatic hydroxyl groups is 1. The van der Waals surface area contributed by atoms with Gasteiger partial charge in [-0.2, -0.15) is 0 Å². The zero-order valence-corrected chi connectivity index (χ0v) is 16.8. The lowest BCUT2D eigenvalue weighted by molar-refractivity contribution is 0.0366. The molecule has 1 nitrogen and oxygen atoms in total. The molecule has 1 atom stereocenters. The maximum Gasteiger partial charge on any atom is 0.0619 e. The Hall–Kier alpha value is -0.0400. The molecular weight excluding hydrogens is 292 g/mol. The van der Waals surface area contributed by atoms with Gasteiger partial charge in [0, 0.05) is 0 Å². The summed E-state index contributed by atoms with van der Waals surface area (Å²) in [7, 11) is 0. The van der Waals surface area contributed by atoms with Gasteiger partial charge in [0.2, 0.25) is 0 Å². The van der Waals surface area contributed by atoms with Crippen molar-refractivity contribution in [1.82, 2.24) is 0 Å². The third-order valence-electron chi connectivity index (χ3n) is 5.07. The van der Waals surface area contributed by atoms with E-state index in [1.54, 1.807) is 0 Å². The Bertz CT molecular complexity index is 232. The van der Waals surface area contributed by atoms with Crippen LogP contribution in [-0.4, -0.2) is 10.7 Å². The van der Waals surface area contributed by atoms with E-state index in [4.69, 9.17) is 0 Å². The van der Waals surface area contributed by atoms with Gasteiger partial charge in [-0.3, -0.25) is 0 Å². The van der Waals surface area contributed by atoms with Crippen LogP contribution in [0, 0.1) is 5.92 Å². The highest BCUT2D eigenvalue weighted by atomic mass is 16.3. The van der Waals surface area contributed by atoms with Gasteiger partial charge in [0.15, 0.2) is 0 Å². The molecule has 0 fully saturated rings. The fraction of sp³-hybridized carbons (Fsp3) is 1.00. The van der Waals surface area contributed by atoms with E-state index in [1.807, 2.05) is 6.92 Å². The highest BCUT2D eigenvalue weighted by Crippen LogP contribution is 2.23. The molecule has 0 rings (SSSR count). The van der Waals surface area contributed by atoms with E-state index in [0.717, 1.165) is 18.8 Å². The Morgan fingerprint density at radius 3 is 1.46 bits per heavy atom. The summed E-state index contributed by atoms with van der Waals surface area (Å²) in [5.74, 6) is 0.858. The Balaban J connectivity index is 0. The molecule has 0 saturated carbocycles. The SMILES string of the molecule is C.CCCCCCCCCC(C)(O)CCCCCCCCC(C)C. The number of rotatable bonds is 17. The van der Waals surface area contributed by atoms with Crippen LogP contribution in [0.5, 0.6) is 0 Å². The van der Waals surface area contributed by atoms with E-state index in [1.165, 1.54) is 89.9 Å². The summed E-state index contributed by atoms with van der Waals surface area (Å²) in [6, 6.07) is 0. The summed E-state index contributed by atoms with van der Waals surface area (Å²) in [5, 5.41) is 10.5. The Labute approximate surface area is 155 Å². The first-order valence-electron chi connectivity index (χ1n) is 10.7. The van der Waals surface area contributed by atoms with Crippen LogP contribution in [0.25, 0.3) is 0 Å². The molecule has 0 spiro atoms. The standard InChI is InChI=1S/C22H46O.CH4/c1-5-6-7-8-10-13-16-19-22(4,23)20-17-14-11-9-12-15-18-21(2)3;/h21,23H,5-20H2,1-4H3;1H4. The van der Waals surface area contributed by atoms with Crippen LogP contribution < -0.4 is 0 Å². The molecular formula is C23H50O. The van der Waals surface area contributed by atoms with Gasteiger partial charge < -0.3 is 5.11 Å². The molecule has 0 amide bonds. The second kappa shape index (κ2) is 17.8. The van der Waals surface area contributed by atoms with Crippen LogP contribution in [0.15, 0.2) is 0 Å². The van der Waals surface area contributed by atoms with E-state index >= 15 is 0 Å². The second-order valence-electron chi connectivity index (χ2n) is 8.42. The number of unbranched alkanes of at least 4 members (excludes halogenated alkanes) is 11. The maximum absolute atomic E-state index is 10.5. The van der Waals surface area contributed by atoms with Gasteiger partial charge >= 0.3 is 0 Å². The number of hydrogen-bond acceptors (Lipinski definition) is 1. The van der Waals surface area contributed by atoms with Gasteiger partial charge in [-0.05, 0) is 25.7 Å². The zero-order chi connectivity index (χ0) is 17.4. The van der Waals surface area contributed by atoms with Crippen LogP contribution in [-0.2, 0) is 0 Å². The van der Waals surface area contributed by atoms with Crippen molar-refractivity contribution in [3.63, 3.8) is 0 Å². The third kappa shape index (κ3) is 20.0. The van der Waals surface area contributed by atoms with E-state index in [9.17, 15) is 5.11 Å². The van der Waals surface area contributed by atoms with E-state index < -0.39 is 5.60 Å². The van der Waals surface area contributed by atoms with Crippen molar-refractivity contribution in [2.75, 3.05) is 0 Å². The topological polar surface area (TPSA) is 20.2 Å². The molecule has 1 N–H and O–H groups in total. The Morgan fingerprint density at radius 2 is 1.04 bits per heavy atom. The molecule has 0 heterocycles. The highest BCUT2D eigenvalue weighted by Gasteiger charge is 2.18. The molecule has 24 heavy (non-hydrogen) atoms. The minimum absolute atomic E-state index is 0. The normalized spacial score (nSPS) is 13.8. The lowest BCUT2D eigenvalue weighted by Crippen LogP contribution is -2.23. The van der Waals surface area contributed by atoms with Crippen molar-refractivity contribution in [2.24, 2.45) is 5.92 Å². The molecule has 0 aliphatic carbocycles. The summed E-state index contributed by atoms with van der Waals surface area (Å²) in [5.41, 5.74) is -0.416. The quantitative estimate of drug-likeness (QED) is 0.263. The second-order valence-corrected chi connectivity index (χ2v) is 8.42. The molecule has 0 bridgehead atoms. The smallest absolute Gasteiger partial charge is 0.0619 e. The third-order valence-corrected chi connectivity index (χ3v) is 5.07. The van der Waals surface area contributed by atoms with Gasteiger partial charge in [-0.1, -0.05) is 118 Å². The van der Waals surface area contributed by atoms with Gasteiger partial charge in [-0.25, -0.2) is 0 Å². The zero-order valence-electron chi connectivity index (χ0n) is 16.8. The average molecular weight is 343 g/mol. The Morgan fingerprint density at radius 1 is 0.667 bits per heavy atom. The highest BCUT2D eigenvalue weighted by molar-refractivity contribution is 4.72. The van der Waals surface area contributed by atoms with Crippen LogP contribution in [0.1, 0.15) is 138 Å². The monoisotopic (exact) mass is 342 g/mol. The van der Waals surface area contributed by atoms with Crippen molar-refractivity contribution in [3.8, 4) is 0 Å². The largest absolute Gasteiger partial charge is 0.390 e. The Kier molecular flexibility index (Phi) is 19.4. The van der Waals surface area contributed by atoms with Gasteiger partial charge in [0.1, 0.15) is 0 Å². The minimum atomic E-state index is -0.416. The van der Waals surface area contributed by atoms with Crippen LogP contribution >= 0.6 is 0 Å². The molecule has 0 aromatic rings. The van der Waals surface area contributed by atoms with E-state index in [2.05, 4.69) is 20.8 Å². The van der Waals surface area contributed by atoms with Gasteiger partial charge in [0.05, 0.1) is 5.60 Å². The van der Waals surface area contributed by atoms with Gasteiger partial charge in [0.25, 0.3) is 0 Å². The van der Waals surface area contributed by atoms with Crippen LogP contribution in [0.2, 0.25) is 0 Å². The summed E-state index contributed by atoms with van der Waals surface area (Å²) in [4.78, 5) is 0. The van der Waals surface area contributed by atoms with Crippen molar-refractivity contribution in [3.05, 3.63) is 0 Å². The van der Waals surface area contributed by atoms with E-state index in [0.29, 0.717) is 0 Å². The molecule has 0 aromatic heterocycles. The molecule has 0 saturated heterocycles. The molecule has 0 aromatic carbocycles. The first kappa shape index (κ1) is 26.2. The molecule has 1 unspecified atom stereocenters. The first-order valence-corrected chi connectivity index (χ1v) is 10.7. The lowest BCUT2D eigenvalue weighted by Gasteiger charge is -2.23. The predicted octanol–water partition coefficient (Wildman–Crippen LogP) is 8.29. The molecule has 0 radical (unpaired) electrons. The van der Waals surface area contributed by atoms with Crippen molar-refractivity contribution >= 4 is 0 Å². The van der Waals surface area contributed by atoms with Crippen LogP contribution in [0.3, 0.4) is 0 Å². The number of hydrogen-bond donors (Lipinski definition) is 1. The molecule has 148 valence electrons. The summed E-state index contributed by atoms with van der Waals surface area (Å²) < 4.78 is 0. The fourth-order valence-electron chi connectivity index (χ4n) is 3.35. The van der Waals surface area contributed by atoms with E-state index in [-0.39, 0.29) is 7.43 Å². The fourth-order valence-corrected chi connectivity index (χ4v) is 3.35. The lowest BCUT2D eigenvalue weighted by atomic mass is 9.91. The molecule has 0 aliphatic heterocycles. The predicted molar refractivity (Wildman–Crippen MR) is 112 cm³/mol. The van der Waals surface area contributed by atoms with Crippen molar-refractivity contribution in [1.29, 1.82) is 0 Å². The maximum atomic E-state index is 10.5. The van der Waals surface area contributed by atoms with Gasteiger partial charge in [-0.15, -0.1) is 0 Å². The molecule has 1 heteroatoms. The average Bonchev–Trinajstić information content (AvgIpc) is 2.48. The summed E-state index contributed by atoms with van der Waals surface area (Å²) in [6.45, 7) is 8.94. The summed E-state index contributed by atoms with van der Waals surface area (Å²) in [6.07, 6.45) is 20.7.